The van der Waals surface area contributed by atoms with Crippen LogP contribution in [0.1, 0.15) is 11.4 Å². The molecule has 3 aromatic rings. The van der Waals surface area contributed by atoms with E-state index in [-0.39, 0.29) is 24.6 Å². The Morgan fingerprint density at radius 3 is 2.79 bits per heavy atom. The van der Waals surface area contributed by atoms with Crippen LogP contribution in [0, 0.1) is 0 Å². The molecular weight excluding hydrogens is 370 g/mol. The van der Waals surface area contributed by atoms with Crippen molar-refractivity contribution in [2.24, 2.45) is 0 Å². The smallest absolute Gasteiger partial charge is 0.260 e. The molecule has 0 spiro atoms. The van der Waals surface area contributed by atoms with Crippen molar-refractivity contribution >= 4 is 16.8 Å². The third kappa shape index (κ3) is 4.82. The predicted octanol–water partition coefficient (Wildman–Crippen LogP) is 2.70. The lowest BCUT2D eigenvalue weighted by molar-refractivity contribution is -0.132. The number of aromatic nitrogens is 2. The van der Waals surface area contributed by atoms with Crippen molar-refractivity contribution in [2.45, 2.75) is 13.0 Å². The zero-order valence-electron chi connectivity index (χ0n) is 16.5. The van der Waals surface area contributed by atoms with E-state index in [0.29, 0.717) is 28.2 Å². The van der Waals surface area contributed by atoms with Gasteiger partial charge >= 0.3 is 0 Å². The Morgan fingerprint density at radius 1 is 1.24 bits per heavy atom. The molecule has 1 amide bonds. The summed E-state index contributed by atoms with van der Waals surface area (Å²) in [5.74, 6) is 1.20. The van der Waals surface area contributed by atoms with E-state index in [9.17, 15) is 9.59 Å². The number of likely N-dealkylation sites (N-methyl/N-ethyl adjacent to an activating group) is 1. The number of benzene rings is 2. The fourth-order valence-corrected chi connectivity index (χ4v) is 2.90. The van der Waals surface area contributed by atoms with Gasteiger partial charge in [0, 0.05) is 7.05 Å². The number of hydrogen-bond acceptors (Lipinski definition) is 5. The fourth-order valence-electron chi connectivity index (χ4n) is 2.90. The Morgan fingerprint density at radius 2 is 2.03 bits per heavy atom. The Bertz CT molecular complexity index is 1090. The standard InChI is InChI=1S/C22H23N3O4/c1-4-7-15-10-11-18(19(12-15)28-3)29-14-21(26)25(2)13-20-23-17-9-6-5-8-16(17)22(27)24-20/h4-6,8-12H,1,7,13-14H2,2-3H3,(H,23,24,27). The minimum atomic E-state index is -0.252. The lowest BCUT2D eigenvalue weighted by atomic mass is 10.1. The number of fused-ring (bicyclic) bond motifs is 1. The number of rotatable bonds is 8. The molecule has 7 heteroatoms. The summed E-state index contributed by atoms with van der Waals surface area (Å²) in [5, 5.41) is 0.514. The van der Waals surface area contributed by atoms with Gasteiger partial charge in [0.1, 0.15) is 5.82 Å². The Kier molecular flexibility index (Phi) is 6.29. The molecule has 150 valence electrons. The number of nitrogens with zero attached hydrogens (tertiary/aromatic N) is 2. The van der Waals surface area contributed by atoms with E-state index in [2.05, 4.69) is 16.5 Å². The van der Waals surface area contributed by atoms with Crippen LogP contribution in [0.5, 0.6) is 11.5 Å². The number of allylic oxidation sites excluding steroid dienone is 1. The van der Waals surface area contributed by atoms with E-state index < -0.39 is 0 Å². The molecule has 0 aliphatic carbocycles. The number of hydrogen-bond donors (Lipinski definition) is 1. The van der Waals surface area contributed by atoms with Gasteiger partial charge in [-0.1, -0.05) is 24.3 Å². The number of carbonyl (C=O) groups excluding carboxylic acids is 1. The van der Waals surface area contributed by atoms with Crippen LogP contribution in [-0.2, 0) is 17.8 Å². The second kappa shape index (κ2) is 9.05. The van der Waals surface area contributed by atoms with Crippen molar-refractivity contribution in [3.63, 3.8) is 0 Å². The largest absolute Gasteiger partial charge is 0.493 e. The Hall–Kier alpha value is -3.61. The molecular formula is C22H23N3O4. The predicted molar refractivity (Wildman–Crippen MR) is 111 cm³/mol. The van der Waals surface area contributed by atoms with Crippen molar-refractivity contribution in [1.29, 1.82) is 0 Å². The summed E-state index contributed by atoms with van der Waals surface area (Å²) in [5.41, 5.74) is 1.40. The molecule has 0 saturated carbocycles. The molecule has 2 aromatic carbocycles. The van der Waals surface area contributed by atoms with Gasteiger partial charge in [0.25, 0.3) is 11.5 Å². The van der Waals surface area contributed by atoms with Gasteiger partial charge in [0.05, 0.1) is 24.6 Å². The highest BCUT2D eigenvalue weighted by atomic mass is 16.5. The number of ether oxygens (including phenoxy) is 2. The van der Waals surface area contributed by atoms with E-state index in [1.807, 2.05) is 18.2 Å². The molecule has 7 nitrogen and oxygen atoms in total. The van der Waals surface area contributed by atoms with E-state index in [1.54, 1.807) is 44.5 Å². The van der Waals surface area contributed by atoms with Gasteiger partial charge in [-0.05, 0) is 36.2 Å². The molecule has 0 radical (unpaired) electrons. The molecule has 0 bridgehead atoms. The lowest BCUT2D eigenvalue weighted by Crippen LogP contribution is -2.32. The normalized spacial score (nSPS) is 10.6. The number of nitrogens with one attached hydrogen (secondary N) is 1. The van der Waals surface area contributed by atoms with Crippen molar-refractivity contribution in [1.82, 2.24) is 14.9 Å². The zero-order valence-corrected chi connectivity index (χ0v) is 16.5. The maximum atomic E-state index is 12.5. The first-order chi connectivity index (χ1) is 14.0. The molecule has 1 aromatic heterocycles. The van der Waals surface area contributed by atoms with Gasteiger partial charge in [0.2, 0.25) is 0 Å². The second-order valence-electron chi connectivity index (χ2n) is 6.55. The summed E-state index contributed by atoms with van der Waals surface area (Å²) in [4.78, 5) is 33.2. The van der Waals surface area contributed by atoms with Crippen LogP contribution >= 0.6 is 0 Å². The minimum Gasteiger partial charge on any atom is -0.493 e. The van der Waals surface area contributed by atoms with Gasteiger partial charge in [-0.2, -0.15) is 0 Å². The summed E-state index contributed by atoms with van der Waals surface area (Å²) in [6.07, 6.45) is 2.52. The lowest BCUT2D eigenvalue weighted by Gasteiger charge is -2.18. The molecule has 0 saturated heterocycles. The quantitative estimate of drug-likeness (QED) is 0.595. The number of para-hydroxylation sites is 1. The summed E-state index contributed by atoms with van der Waals surface area (Å²) in [7, 11) is 3.18. The highest BCUT2D eigenvalue weighted by Gasteiger charge is 2.14. The van der Waals surface area contributed by atoms with Crippen LogP contribution in [0.25, 0.3) is 10.9 Å². The molecule has 1 heterocycles. The zero-order chi connectivity index (χ0) is 20.8. The Balaban J connectivity index is 1.65. The molecule has 0 fully saturated rings. The van der Waals surface area contributed by atoms with Gasteiger partial charge in [-0.25, -0.2) is 4.98 Å². The van der Waals surface area contributed by atoms with Crippen LogP contribution in [0.15, 0.2) is 59.9 Å². The highest BCUT2D eigenvalue weighted by Crippen LogP contribution is 2.28. The van der Waals surface area contributed by atoms with E-state index in [4.69, 9.17) is 9.47 Å². The monoisotopic (exact) mass is 393 g/mol. The van der Waals surface area contributed by atoms with Crippen LogP contribution in [0.2, 0.25) is 0 Å². The fraction of sp³-hybridized carbons (Fsp3) is 0.227. The molecule has 0 atom stereocenters. The summed E-state index contributed by atoms with van der Waals surface area (Å²) >= 11 is 0. The van der Waals surface area contributed by atoms with Crippen molar-refractivity contribution in [3.8, 4) is 11.5 Å². The number of methoxy groups -OCH3 is 1. The van der Waals surface area contributed by atoms with Crippen LogP contribution in [0.3, 0.4) is 0 Å². The Labute approximate surface area is 168 Å². The number of aromatic amines is 1. The van der Waals surface area contributed by atoms with E-state index in [1.165, 1.54) is 4.90 Å². The number of carbonyl (C=O) groups is 1. The second-order valence-corrected chi connectivity index (χ2v) is 6.55. The van der Waals surface area contributed by atoms with Crippen molar-refractivity contribution in [3.05, 3.63) is 76.9 Å². The third-order valence-electron chi connectivity index (χ3n) is 4.43. The highest BCUT2D eigenvalue weighted by molar-refractivity contribution is 5.78. The van der Waals surface area contributed by atoms with Crippen LogP contribution in [0.4, 0.5) is 0 Å². The summed E-state index contributed by atoms with van der Waals surface area (Å²) in [6.45, 7) is 3.72. The van der Waals surface area contributed by atoms with Crippen molar-refractivity contribution < 1.29 is 14.3 Å². The maximum absolute atomic E-state index is 12.5. The maximum Gasteiger partial charge on any atom is 0.260 e. The number of amides is 1. The van der Waals surface area contributed by atoms with Gasteiger partial charge in [-0.3, -0.25) is 9.59 Å². The topological polar surface area (TPSA) is 84.5 Å². The first kappa shape index (κ1) is 20.1. The molecule has 0 aliphatic heterocycles. The van der Waals surface area contributed by atoms with Crippen LogP contribution in [-0.4, -0.2) is 41.5 Å². The third-order valence-corrected chi connectivity index (χ3v) is 4.43. The van der Waals surface area contributed by atoms with Gasteiger partial charge in [-0.15, -0.1) is 6.58 Å². The molecule has 0 aliphatic rings. The number of H-pyrrole nitrogens is 1. The average molecular weight is 393 g/mol. The first-order valence-corrected chi connectivity index (χ1v) is 9.14. The van der Waals surface area contributed by atoms with Gasteiger partial charge in [0.15, 0.2) is 18.1 Å². The molecule has 3 rings (SSSR count). The molecule has 0 unspecified atom stereocenters. The summed E-state index contributed by atoms with van der Waals surface area (Å²) in [6, 6.07) is 12.6. The average Bonchev–Trinajstić information content (AvgIpc) is 2.72. The minimum absolute atomic E-state index is 0.161. The van der Waals surface area contributed by atoms with Crippen LogP contribution < -0.4 is 15.0 Å². The van der Waals surface area contributed by atoms with E-state index in [0.717, 1.165) is 12.0 Å². The van der Waals surface area contributed by atoms with Crippen molar-refractivity contribution in [2.75, 3.05) is 20.8 Å². The first-order valence-electron chi connectivity index (χ1n) is 9.14. The SMILES string of the molecule is C=CCc1ccc(OCC(=O)N(C)Cc2nc3ccccc3c(=O)[nH]2)c(OC)c1. The molecule has 1 N–H and O–H groups in total. The van der Waals surface area contributed by atoms with Gasteiger partial charge < -0.3 is 19.4 Å². The van der Waals surface area contributed by atoms with E-state index >= 15 is 0 Å². The molecule has 29 heavy (non-hydrogen) atoms. The summed E-state index contributed by atoms with van der Waals surface area (Å²) < 4.78 is 11.0.